The van der Waals surface area contributed by atoms with E-state index in [4.69, 9.17) is 4.74 Å². The number of amides is 3. The molecule has 3 amide bonds. The lowest BCUT2D eigenvalue weighted by Crippen LogP contribution is -2.24. The Morgan fingerprint density at radius 2 is 1.64 bits per heavy atom. The predicted molar refractivity (Wildman–Crippen MR) is 105 cm³/mol. The Morgan fingerprint density at radius 1 is 0.964 bits per heavy atom. The molecule has 2 aliphatic rings. The zero-order valence-electron chi connectivity index (χ0n) is 15.7. The number of carbonyl (C=O) groups is 3. The Balaban J connectivity index is 1.43. The normalized spacial score (nSPS) is 16.8. The van der Waals surface area contributed by atoms with E-state index in [1.54, 1.807) is 24.3 Å². The maximum absolute atomic E-state index is 12.5. The van der Waals surface area contributed by atoms with E-state index in [2.05, 4.69) is 5.32 Å². The first-order valence-corrected chi connectivity index (χ1v) is 9.57. The van der Waals surface area contributed by atoms with Crippen LogP contribution in [0.2, 0.25) is 0 Å². The van der Waals surface area contributed by atoms with Crippen molar-refractivity contribution in [3.8, 4) is 5.75 Å². The van der Waals surface area contributed by atoms with Crippen LogP contribution in [0.4, 0.5) is 5.69 Å². The van der Waals surface area contributed by atoms with Crippen LogP contribution >= 0.6 is 0 Å². The summed E-state index contributed by atoms with van der Waals surface area (Å²) in [4.78, 5) is 37.6. The zero-order valence-corrected chi connectivity index (χ0v) is 15.7. The smallest absolute Gasteiger partial charge is 0.261 e. The van der Waals surface area contributed by atoms with E-state index in [-0.39, 0.29) is 23.8 Å². The van der Waals surface area contributed by atoms with Crippen LogP contribution in [0.25, 0.3) is 0 Å². The van der Waals surface area contributed by atoms with E-state index in [1.165, 1.54) is 32.4 Å². The minimum absolute atomic E-state index is 0.262. The van der Waals surface area contributed by atoms with Gasteiger partial charge in [-0.1, -0.05) is 6.42 Å². The van der Waals surface area contributed by atoms with Crippen molar-refractivity contribution < 1.29 is 19.1 Å². The van der Waals surface area contributed by atoms with E-state index in [9.17, 15) is 14.4 Å². The minimum atomic E-state index is -0.361. The number of carbonyl (C=O) groups excluding carboxylic acids is 3. The molecule has 0 aromatic heterocycles. The molecule has 1 saturated carbocycles. The standard InChI is InChI=1S/C22H22N2O4/c1-24-21(26)18-12-9-15(13-19(18)22(24)27)23-20(25)14-7-10-17(11-8-14)28-16-5-3-2-4-6-16/h7-13,16H,2-6H2,1H3,(H,23,25). The summed E-state index contributed by atoms with van der Waals surface area (Å²) in [6, 6.07) is 11.8. The summed E-state index contributed by atoms with van der Waals surface area (Å²) in [5.41, 5.74) is 1.63. The van der Waals surface area contributed by atoms with Gasteiger partial charge in [0.25, 0.3) is 17.7 Å². The highest BCUT2D eigenvalue weighted by molar-refractivity contribution is 6.21. The van der Waals surface area contributed by atoms with E-state index in [1.807, 2.05) is 12.1 Å². The summed E-state index contributed by atoms with van der Waals surface area (Å²) >= 11 is 0. The van der Waals surface area contributed by atoms with Crippen LogP contribution < -0.4 is 10.1 Å². The Hall–Kier alpha value is -3.15. The third-order valence-electron chi connectivity index (χ3n) is 5.32. The minimum Gasteiger partial charge on any atom is -0.490 e. The van der Waals surface area contributed by atoms with Crippen molar-refractivity contribution in [3.63, 3.8) is 0 Å². The molecule has 144 valence electrons. The first-order valence-electron chi connectivity index (χ1n) is 9.57. The summed E-state index contributed by atoms with van der Waals surface area (Å²) < 4.78 is 5.98. The molecule has 6 nitrogen and oxygen atoms in total. The fourth-order valence-electron chi connectivity index (χ4n) is 3.70. The Morgan fingerprint density at radius 3 is 2.36 bits per heavy atom. The summed E-state index contributed by atoms with van der Waals surface area (Å²) in [5.74, 6) is -0.200. The molecule has 0 unspecified atom stereocenters. The molecular formula is C22H22N2O4. The van der Waals surface area contributed by atoms with Crippen LogP contribution in [0.5, 0.6) is 5.75 Å². The van der Waals surface area contributed by atoms with Gasteiger partial charge < -0.3 is 10.1 Å². The predicted octanol–water partition coefficient (Wildman–Crippen LogP) is 3.88. The van der Waals surface area contributed by atoms with Gasteiger partial charge in [0.1, 0.15) is 5.75 Å². The van der Waals surface area contributed by atoms with E-state index >= 15 is 0 Å². The Labute approximate surface area is 163 Å². The fraction of sp³-hybridized carbons (Fsp3) is 0.318. The van der Waals surface area contributed by atoms with Gasteiger partial charge in [0.15, 0.2) is 0 Å². The monoisotopic (exact) mass is 378 g/mol. The number of imide groups is 1. The molecule has 0 atom stereocenters. The fourth-order valence-corrected chi connectivity index (χ4v) is 3.70. The maximum Gasteiger partial charge on any atom is 0.261 e. The highest BCUT2D eigenvalue weighted by atomic mass is 16.5. The van der Waals surface area contributed by atoms with Gasteiger partial charge in [0.2, 0.25) is 0 Å². The van der Waals surface area contributed by atoms with Crippen LogP contribution in [-0.2, 0) is 0 Å². The second-order valence-electron chi connectivity index (χ2n) is 7.29. The molecule has 1 fully saturated rings. The SMILES string of the molecule is CN1C(=O)c2ccc(NC(=O)c3ccc(OC4CCCCC4)cc3)cc2C1=O. The molecule has 2 aromatic rings. The van der Waals surface area contributed by atoms with Gasteiger partial charge in [0, 0.05) is 18.3 Å². The zero-order chi connectivity index (χ0) is 19.7. The van der Waals surface area contributed by atoms with E-state index < -0.39 is 0 Å². The van der Waals surface area contributed by atoms with Crippen LogP contribution in [0.3, 0.4) is 0 Å². The summed E-state index contributed by atoms with van der Waals surface area (Å²) in [7, 11) is 1.44. The highest BCUT2D eigenvalue weighted by Gasteiger charge is 2.32. The molecule has 0 bridgehead atoms. The highest BCUT2D eigenvalue weighted by Crippen LogP contribution is 2.26. The number of hydrogen-bond acceptors (Lipinski definition) is 4. The van der Waals surface area contributed by atoms with Crippen molar-refractivity contribution in [2.75, 3.05) is 12.4 Å². The lowest BCUT2D eigenvalue weighted by atomic mass is 9.98. The van der Waals surface area contributed by atoms with Crippen LogP contribution in [-0.4, -0.2) is 35.8 Å². The van der Waals surface area contributed by atoms with Crippen molar-refractivity contribution >= 4 is 23.4 Å². The number of nitrogens with one attached hydrogen (secondary N) is 1. The molecule has 6 heteroatoms. The quantitative estimate of drug-likeness (QED) is 0.820. The number of nitrogens with zero attached hydrogens (tertiary/aromatic N) is 1. The topological polar surface area (TPSA) is 75.7 Å². The molecule has 0 spiro atoms. The second kappa shape index (κ2) is 7.46. The van der Waals surface area contributed by atoms with Gasteiger partial charge >= 0.3 is 0 Å². The molecule has 0 radical (unpaired) electrons. The molecule has 1 heterocycles. The van der Waals surface area contributed by atoms with Crippen LogP contribution in [0.15, 0.2) is 42.5 Å². The molecule has 4 rings (SSSR count). The van der Waals surface area contributed by atoms with Gasteiger partial charge in [-0.3, -0.25) is 19.3 Å². The lowest BCUT2D eigenvalue weighted by molar-refractivity contribution is 0.0692. The molecule has 28 heavy (non-hydrogen) atoms. The van der Waals surface area contributed by atoms with Crippen LogP contribution in [0.1, 0.15) is 63.2 Å². The van der Waals surface area contributed by atoms with Crippen LogP contribution in [0, 0.1) is 0 Å². The number of rotatable bonds is 4. The summed E-state index contributed by atoms with van der Waals surface area (Å²) in [6.07, 6.45) is 6.11. The maximum atomic E-state index is 12.5. The lowest BCUT2D eigenvalue weighted by Gasteiger charge is -2.23. The van der Waals surface area contributed by atoms with Gasteiger partial charge in [-0.15, -0.1) is 0 Å². The third-order valence-corrected chi connectivity index (χ3v) is 5.32. The molecule has 1 N–H and O–H groups in total. The Bertz CT molecular complexity index is 930. The van der Waals surface area contributed by atoms with Crippen molar-refractivity contribution in [1.82, 2.24) is 4.90 Å². The van der Waals surface area contributed by atoms with Crippen molar-refractivity contribution in [1.29, 1.82) is 0 Å². The van der Waals surface area contributed by atoms with Gasteiger partial charge in [-0.05, 0) is 68.1 Å². The molecule has 1 aliphatic heterocycles. The van der Waals surface area contributed by atoms with Gasteiger partial charge in [-0.25, -0.2) is 0 Å². The van der Waals surface area contributed by atoms with Crippen molar-refractivity contribution in [2.45, 2.75) is 38.2 Å². The third kappa shape index (κ3) is 3.50. The van der Waals surface area contributed by atoms with Crippen molar-refractivity contribution in [3.05, 3.63) is 59.2 Å². The second-order valence-corrected chi connectivity index (χ2v) is 7.29. The number of fused-ring (bicyclic) bond motifs is 1. The largest absolute Gasteiger partial charge is 0.490 e. The molecule has 0 saturated heterocycles. The molecule has 1 aliphatic carbocycles. The first-order chi connectivity index (χ1) is 13.5. The summed E-state index contributed by atoms with van der Waals surface area (Å²) in [5, 5.41) is 2.78. The number of ether oxygens (including phenoxy) is 1. The van der Waals surface area contributed by atoms with Gasteiger partial charge in [0.05, 0.1) is 17.2 Å². The van der Waals surface area contributed by atoms with E-state index in [0.29, 0.717) is 22.4 Å². The number of hydrogen-bond donors (Lipinski definition) is 1. The number of anilines is 1. The average Bonchev–Trinajstić information content (AvgIpc) is 2.93. The number of benzene rings is 2. The summed E-state index contributed by atoms with van der Waals surface area (Å²) in [6.45, 7) is 0. The van der Waals surface area contributed by atoms with E-state index in [0.717, 1.165) is 23.5 Å². The molecular weight excluding hydrogens is 356 g/mol. The first kappa shape index (κ1) is 18.2. The molecule has 2 aromatic carbocycles. The van der Waals surface area contributed by atoms with Gasteiger partial charge in [-0.2, -0.15) is 0 Å². The Kier molecular flexibility index (Phi) is 4.86. The average molecular weight is 378 g/mol. The van der Waals surface area contributed by atoms with Crippen molar-refractivity contribution in [2.24, 2.45) is 0 Å².